The summed E-state index contributed by atoms with van der Waals surface area (Å²) in [5, 5.41) is 14.6. The molecule has 0 spiro atoms. The van der Waals surface area contributed by atoms with Crippen LogP contribution < -0.4 is 10.6 Å². The van der Waals surface area contributed by atoms with Gasteiger partial charge in [-0.2, -0.15) is 0 Å². The van der Waals surface area contributed by atoms with Crippen molar-refractivity contribution in [3.05, 3.63) is 0 Å². The molecule has 3 N–H and O–H groups in total. The molecule has 0 heterocycles. The van der Waals surface area contributed by atoms with E-state index in [1.165, 1.54) is 0 Å². The van der Waals surface area contributed by atoms with E-state index in [2.05, 4.69) is 17.6 Å². The fourth-order valence-corrected chi connectivity index (χ4v) is 2.65. The highest BCUT2D eigenvalue weighted by atomic mass is 16.4. The van der Waals surface area contributed by atoms with Gasteiger partial charge in [0.25, 0.3) is 0 Å². The number of carbonyl (C=O) groups is 3. The number of amides is 2. The van der Waals surface area contributed by atoms with Crippen LogP contribution in [0.4, 0.5) is 0 Å². The molecule has 1 saturated carbocycles. The quantitative estimate of drug-likeness (QED) is 0.666. The van der Waals surface area contributed by atoms with E-state index < -0.39 is 17.4 Å². The van der Waals surface area contributed by atoms with E-state index in [1.807, 2.05) is 13.8 Å². The van der Waals surface area contributed by atoms with Gasteiger partial charge in [-0.1, -0.05) is 20.8 Å². The first-order valence-corrected chi connectivity index (χ1v) is 8.06. The molecule has 0 aromatic carbocycles. The molecule has 6 nitrogen and oxygen atoms in total. The van der Waals surface area contributed by atoms with Gasteiger partial charge in [-0.15, -0.1) is 0 Å². The van der Waals surface area contributed by atoms with Crippen LogP contribution in [0.5, 0.6) is 0 Å². The molecule has 6 heteroatoms. The highest BCUT2D eigenvalue weighted by Crippen LogP contribution is 2.32. The summed E-state index contributed by atoms with van der Waals surface area (Å²) >= 11 is 0. The molecule has 0 aromatic rings. The number of nitrogens with one attached hydrogen (secondary N) is 2. The maximum Gasteiger partial charge on any atom is 0.329 e. The second-order valence-corrected chi connectivity index (χ2v) is 6.83. The zero-order valence-electron chi connectivity index (χ0n) is 13.8. The SMILES string of the molecule is CC(C)CCC(=O)NCC(=O)NC1(C(=O)O)CCC(C)CC1. The summed E-state index contributed by atoms with van der Waals surface area (Å²) in [7, 11) is 0. The predicted octanol–water partition coefficient (Wildman–Crippen LogP) is 1.69. The average molecular weight is 312 g/mol. The van der Waals surface area contributed by atoms with Crippen molar-refractivity contribution in [3.8, 4) is 0 Å². The Kier molecular flexibility index (Phi) is 6.84. The normalized spacial score (nSPS) is 24.8. The number of carboxylic acids is 1. The number of rotatable bonds is 7. The second kappa shape index (κ2) is 8.15. The Morgan fingerprint density at radius 1 is 1.18 bits per heavy atom. The molecule has 22 heavy (non-hydrogen) atoms. The van der Waals surface area contributed by atoms with Crippen LogP contribution in [0.25, 0.3) is 0 Å². The Balaban J connectivity index is 2.45. The van der Waals surface area contributed by atoms with Gasteiger partial charge in [-0.3, -0.25) is 9.59 Å². The lowest BCUT2D eigenvalue weighted by Gasteiger charge is -2.36. The Labute approximate surface area is 132 Å². The lowest BCUT2D eigenvalue weighted by molar-refractivity contribution is -0.149. The van der Waals surface area contributed by atoms with E-state index in [1.54, 1.807) is 0 Å². The molecule has 1 rings (SSSR count). The summed E-state index contributed by atoms with van der Waals surface area (Å²) in [6.45, 7) is 5.98. The third-order valence-electron chi connectivity index (χ3n) is 4.31. The lowest BCUT2D eigenvalue weighted by atomic mass is 9.77. The van der Waals surface area contributed by atoms with Gasteiger partial charge in [-0.25, -0.2) is 4.79 Å². The van der Waals surface area contributed by atoms with Crippen LogP contribution in [0.2, 0.25) is 0 Å². The first-order valence-electron chi connectivity index (χ1n) is 8.06. The summed E-state index contributed by atoms with van der Waals surface area (Å²) in [5.74, 6) is -0.682. The Bertz CT molecular complexity index is 412. The van der Waals surface area contributed by atoms with Crippen LogP contribution in [0.1, 0.15) is 59.3 Å². The van der Waals surface area contributed by atoms with Crippen molar-refractivity contribution in [2.75, 3.05) is 6.54 Å². The fourth-order valence-electron chi connectivity index (χ4n) is 2.65. The third kappa shape index (κ3) is 5.66. The first kappa shape index (κ1) is 18.5. The van der Waals surface area contributed by atoms with Crippen molar-refractivity contribution in [1.82, 2.24) is 10.6 Å². The largest absolute Gasteiger partial charge is 0.480 e. The van der Waals surface area contributed by atoms with Gasteiger partial charge in [0, 0.05) is 6.42 Å². The summed E-state index contributed by atoms with van der Waals surface area (Å²) < 4.78 is 0. The summed E-state index contributed by atoms with van der Waals surface area (Å²) in [6, 6.07) is 0. The van der Waals surface area contributed by atoms with Gasteiger partial charge in [0.1, 0.15) is 5.54 Å². The lowest BCUT2D eigenvalue weighted by Crippen LogP contribution is -2.58. The average Bonchev–Trinajstić information content (AvgIpc) is 2.45. The molecule has 2 amide bonds. The van der Waals surface area contributed by atoms with Crippen LogP contribution in [0, 0.1) is 11.8 Å². The minimum absolute atomic E-state index is 0.165. The van der Waals surface area contributed by atoms with Crippen LogP contribution >= 0.6 is 0 Å². The summed E-state index contributed by atoms with van der Waals surface area (Å²) in [6.07, 6.45) is 3.60. The van der Waals surface area contributed by atoms with Gasteiger partial charge in [0.05, 0.1) is 6.54 Å². The van der Waals surface area contributed by atoms with Gasteiger partial charge >= 0.3 is 5.97 Å². The molecule has 0 unspecified atom stereocenters. The molecule has 0 radical (unpaired) electrons. The number of hydrogen-bond donors (Lipinski definition) is 3. The van der Waals surface area contributed by atoms with E-state index in [0.717, 1.165) is 19.3 Å². The Hall–Kier alpha value is -1.59. The van der Waals surface area contributed by atoms with Gasteiger partial charge in [-0.05, 0) is 43.9 Å². The molecular formula is C16H28N2O4. The minimum atomic E-state index is -1.17. The van der Waals surface area contributed by atoms with Gasteiger partial charge in [0.15, 0.2) is 0 Å². The third-order valence-corrected chi connectivity index (χ3v) is 4.31. The van der Waals surface area contributed by atoms with Crippen molar-refractivity contribution in [1.29, 1.82) is 0 Å². The van der Waals surface area contributed by atoms with Crippen molar-refractivity contribution >= 4 is 17.8 Å². The zero-order chi connectivity index (χ0) is 16.8. The summed E-state index contributed by atoms with van der Waals surface area (Å²) in [4.78, 5) is 35.1. The zero-order valence-corrected chi connectivity index (χ0v) is 13.8. The van der Waals surface area contributed by atoms with Crippen LogP contribution in [-0.4, -0.2) is 35.0 Å². The number of hydrogen-bond acceptors (Lipinski definition) is 3. The molecular weight excluding hydrogens is 284 g/mol. The summed E-state index contributed by atoms with van der Waals surface area (Å²) in [5.41, 5.74) is -1.17. The molecule has 0 saturated heterocycles. The van der Waals surface area contributed by atoms with E-state index in [0.29, 0.717) is 31.1 Å². The number of carboxylic acid groups (broad SMARTS) is 1. The Morgan fingerprint density at radius 2 is 1.77 bits per heavy atom. The molecule has 0 bridgehead atoms. The molecule has 126 valence electrons. The van der Waals surface area contributed by atoms with E-state index in [-0.39, 0.29) is 12.5 Å². The molecule has 0 atom stereocenters. The topological polar surface area (TPSA) is 95.5 Å². The molecule has 0 aromatic heterocycles. The number of aliphatic carboxylic acids is 1. The highest BCUT2D eigenvalue weighted by molar-refractivity contribution is 5.90. The van der Waals surface area contributed by atoms with Crippen LogP contribution in [0.15, 0.2) is 0 Å². The number of carbonyl (C=O) groups excluding carboxylic acids is 2. The molecule has 1 aliphatic rings. The standard InChI is InChI=1S/C16H28N2O4/c1-11(2)4-5-13(19)17-10-14(20)18-16(15(21)22)8-6-12(3)7-9-16/h11-12H,4-10H2,1-3H3,(H,17,19)(H,18,20)(H,21,22). The smallest absolute Gasteiger partial charge is 0.329 e. The monoisotopic (exact) mass is 312 g/mol. The van der Waals surface area contributed by atoms with Crippen molar-refractivity contribution in [3.63, 3.8) is 0 Å². The second-order valence-electron chi connectivity index (χ2n) is 6.83. The molecule has 1 aliphatic carbocycles. The minimum Gasteiger partial charge on any atom is -0.480 e. The van der Waals surface area contributed by atoms with E-state index in [9.17, 15) is 19.5 Å². The molecule has 1 fully saturated rings. The van der Waals surface area contributed by atoms with Gasteiger partial charge in [0.2, 0.25) is 11.8 Å². The Morgan fingerprint density at radius 3 is 2.27 bits per heavy atom. The van der Waals surface area contributed by atoms with Crippen molar-refractivity contribution in [2.45, 2.75) is 64.8 Å². The van der Waals surface area contributed by atoms with E-state index >= 15 is 0 Å². The van der Waals surface area contributed by atoms with E-state index in [4.69, 9.17) is 0 Å². The first-order chi connectivity index (χ1) is 10.2. The molecule has 0 aliphatic heterocycles. The van der Waals surface area contributed by atoms with Crippen molar-refractivity contribution in [2.24, 2.45) is 11.8 Å². The van der Waals surface area contributed by atoms with Crippen LogP contribution in [0.3, 0.4) is 0 Å². The fraction of sp³-hybridized carbons (Fsp3) is 0.812. The maximum absolute atomic E-state index is 12.0. The maximum atomic E-state index is 12.0. The highest BCUT2D eigenvalue weighted by Gasteiger charge is 2.42. The van der Waals surface area contributed by atoms with Crippen molar-refractivity contribution < 1.29 is 19.5 Å². The predicted molar refractivity (Wildman–Crippen MR) is 83.2 cm³/mol. The van der Waals surface area contributed by atoms with Crippen LogP contribution in [-0.2, 0) is 14.4 Å². The van der Waals surface area contributed by atoms with Gasteiger partial charge < -0.3 is 15.7 Å².